The number of amides is 1. The molecule has 7 nitrogen and oxygen atoms in total. The Balaban J connectivity index is 1.96. The molecule has 0 radical (unpaired) electrons. The van der Waals surface area contributed by atoms with Crippen LogP contribution in [0.2, 0.25) is 0 Å². The fraction of sp³-hybridized carbons (Fsp3) is 0.974. The van der Waals surface area contributed by atoms with Crippen molar-refractivity contribution in [2.24, 2.45) is 5.92 Å². The second-order valence-electron chi connectivity index (χ2n) is 14.5. The molecule has 0 heterocycles. The lowest BCUT2D eigenvalue weighted by Crippen LogP contribution is -2.55. The third-order valence-electron chi connectivity index (χ3n) is 10.1. The van der Waals surface area contributed by atoms with Gasteiger partial charge in [-0.3, -0.25) is 4.79 Å². The van der Waals surface area contributed by atoms with Crippen LogP contribution in [0.4, 0.5) is 0 Å². The fourth-order valence-corrected chi connectivity index (χ4v) is 6.89. The zero-order valence-electron chi connectivity index (χ0n) is 30.3. The van der Waals surface area contributed by atoms with E-state index >= 15 is 0 Å². The minimum atomic E-state index is -1.35. The topological polar surface area (TPSA) is 119 Å². The molecule has 1 fully saturated rings. The Kier molecular flexibility index (Phi) is 28.6. The highest BCUT2D eigenvalue weighted by Gasteiger charge is 2.43. The maximum atomic E-state index is 12.6. The number of carbonyl (C=O) groups excluding carboxylic acids is 1. The molecule has 6 unspecified atom stereocenters. The maximum absolute atomic E-state index is 12.6. The molecule has 5 N–H and O–H groups in total. The van der Waals surface area contributed by atoms with Crippen LogP contribution in [0, 0.1) is 5.92 Å². The summed E-state index contributed by atoms with van der Waals surface area (Å²) < 4.78 is 5.91. The Bertz CT molecular complexity index is 677. The summed E-state index contributed by atoms with van der Waals surface area (Å²) in [6, 6.07) is -0.152. The van der Waals surface area contributed by atoms with E-state index in [1.54, 1.807) is 0 Å². The fourth-order valence-electron chi connectivity index (χ4n) is 6.89. The van der Waals surface area contributed by atoms with Gasteiger partial charge in [-0.2, -0.15) is 0 Å². The van der Waals surface area contributed by atoms with E-state index < -0.39 is 30.3 Å². The van der Waals surface area contributed by atoms with Gasteiger partial charge in [-0.25, -0.2) is 0 Å². The first kappa shape index (κ1) is 43.3. The summed E-state index contributed by atoms with van der Waals surface area (Å²) >= 11 is 0. The van der Waals surface area contributed by atoms with Crippen LogP contribution in [-0.2, 0) is 9.53 Å². The number of carbonyl (C=O) groups is 1. The van der Waals surface area contributed by atoms with Crippen molar-refractivity contribution < 1.29 is 30.0 Å². The van der Waals surface area contributed by atoms with Crippen molar-refractivity contribution in [2.75, 3.05) is 13.2 Å². The van der Waals surface area contributed by atoms with Crippen molar-refractivity contribution >= 4 is 5.91 Å². The van der Waals surface area contributed by atoms with Gasteiger partial charge in [-0.05, 0) is 19.3 Å². The lowest BCUT2D eigenvalue weighted by atomic mass is 9.81. The van der Waals surface area contributed by atoms with Gasteiger partial charge < -0.3 is 30.5 Å². The van der Waals surface area contributed by atoms with Gasteiger partial charge in [0.05, 0.1) is 24.9 Å². The number of rotatable bonds is 32. The Morgan fingerprint density at radius 3 is 1.43 bits per heavy atom. The first-order chi connectivity index (χ1) is 22.4. The number of aliphatic hydroxyl groups excluding tert-OH is 4. The van der Waals surface area contributed by atoms with Gasteiger partial charge in [-0.1, -0.05) is 168 Å². The Labute approximate surface area is 284 Å². The molecule has 0 saturated heterocycles. The van der Waals surface area contributed by atoms with Crippen LogP contribution in [0.3, 0.4) is 0 Å². The van der Waals surface area contributed by atoms with E-state index in [1.807, 2.05) is 0 Å². The highest BCUT2D eigenvalue weighted by molar-refractivity contribution is 5.76. The summed E-state index contributed by atoms with van der Waals surface area (Å²) in [7, 11) is 0. The van der Waals surface area contributed by atoms with E-state index in [0.29, 0.717) is 6.42 Å². The van der Waals surface area contributed by atoms with Crippen LogP contribution in [0.25, 0.3) is 0 Å². The highest BCUT2D eigenvalue weighted by Crippen LogP contribution is 2.28. The molecular formula is C39H77NO6. The first-order valence-electron chi connectivity index (χ1n) is 20.0. The van der Waals surface area contributed by atoms with Gasteiger partial charge in [0.15, 0.2) is 0 Å². The smallest absolute Gasteiger partial charge is 0.220 e. The van der Waals surface area contributed by atoms with Gasteiger partial charge in [0.25, 0.3) is 0 Å². The van der Waals surface area contributed by atoms with Gasteiger partial charge in [0.2, 0.25) is 5.91 Å². The standard InChI is InChI=1S/C39H77NO6/c1-3-5-7-8-9-10-11-12-13-14-15-16-17-18-19-20-21-22-23-24-25-26-27-29-36(42)40-34(28-6-4-2)32-46-35-30-33(31-41)37(43)39(45)38(35)44/h33-35,37-39,41,43-45H,3-32H2,1-2H3,(H,40,42). The quantitative estimate of drug-likeness (QED) is 0.0464. The molecular weight excluding hydrogens is 578 g/mol. The van der Waals surface area contributed by atoms with Gasteiger partial charge in [0, 0.05) is 18.9 Å². The van der Waals surface area contributed by atoms with Gasteiger partial charge in [0.1, 0.15) is 12.2 Å². The zero-order valence-corrected chi connectivity index (χ0v) is 30.3. The Morgan fingerprint density at radius 2 is 1.02 bits per heavy atom. The molecule has 0 aromatic heterocycles. The van der Waals surface area contributed by atoms with Crippen LogP contribution in [0.15, 0.2) is 0 Å². The van der Waals surface area contributed by atoms with E-state index in [2.05, 4.69) is 19.2 Å². The molecule has 0 aliphatic heterocycles. The molecule has 0 bridgehead atoms. The van der Waals surface area contributed by atoms with Crippen LogP contribution in [0.1, 0.15) is 194 Å². The van der Waals surface area contributed by atoms with Crippen LogP contribution in [0.5, 0.6) is 0 Å². The molecule has 1 aliphatic rings. The van der Waals surface area contributed by atoms with Crippen LogP contribution in [-0.4, -0.2) is 70.0 Å². The molecule has 1 amide bonds. The number of ether oxygens (including phenoxy) is 1. The minimum Gasteiger partial charge on any atom is -0.396 e. The zero-order chi connectivity index (χ0) is 33.7. The van der Waals surface area contributed by atoms with Crippen molar-refractivity contribution in [2.45, 2.75) is 224 Å². The predicted octanol–water partition coefficient (Wildman–Crippen LogP) is 8.52. The minimum absolute atomic E-state index is 0.0427. The maximum Gasteiger partial charge on any atom is 0.220 e. The second kappa shape index (κ2) is 30.3. The molecule has 0 aromatic rings. The lowest BCUT2D eigenvalue weighted by Gasteiger charge is -2.40. The van der Waals surface area contributed by atoms with Crippen molar-refractivity contribution in [3.05, 3.63) is 0 Å². The van der Waals surface area contributed by atoms with Crippen LogP contribution < -0.4 is 5.32 Å². The molecule has 6 atom stereocenters. The second-order valence-corrected chi connectivity index (χ2v) is 14.5. The molecule has 0 aromatic carbocycles. The molecule has 46 heavy (non-hydrogen) atoms. The molecule has 1 rings (SSSR count). The normalized spacial score (nSPS) is 22.3. The summed E-state index contributed by atoms with van der Waals surface area (Å²) in [5, 5.41) is 43.1. The molecule has 0 spiro atoms. The van der Waals surface area contributed by atoms with E-state index in [1.165, 1.54) is 135 Å². The number of unbranched alkanes of at least 4 members (excludes halogenated alkanes) is 23. The lowest BCUT2D eigenvalue weighted by molar-refractivity contribution is -0.179. The number of nitrogens with one attached hydrogen (secondary N) is 1. The van der Waals surface area contributed by atoms with E-state index in [0.717, 1.165) is 32.1 Å². The van der Waals surface area contributed by atoms with Crippen molar-refractivity contribution in [3.63, 3.8) is 0 Å². The number of hydrogen-bond acceptors (Lipinski definition) is 6. The number of aliphatic hydroxyl groups is 4. The summed E-state index contributed by atoms with van der Waals surface area (Å²) in [4.78, 5) is 12.6. The van der Waals surface area contributed by atoms with Crippen molar-refractivity contribution in [1.29, 1.82) is 0 Å². The molecule has 274 valence electrons. The molecule has 1 saturated carbocycles. The summed E-state index contributed by atoms with van der Waals surface area (Å²) in [6.07, 6.45) is 30.3. The average molecular weight is 656 g/mol. The largest absolute Gasteiger partial charge is 0.396 e. The molecule has 1 aliphatic carbocycles. The third kappa shape index (κ3) is 22.0. The van der Waals surface area contributed by atoms with Crippen molar-refractivity contribution in [1.82, 2.24) is 5.32 Å². The van der Waals surface area contributed by atoms with E-state index in [4.69, 9.17) is 4.74 Å². The third-order valence-corrected chi connectivity index (χ3v) is 10.1. The summed E-state index contributed by atoms with van der Waals surface area (Å²) in [5.41, 5.74) is 0. The predicted molar refractivity (Wildman–Crippen MR) is 191 cm³/mol. The SMILES string of the molecule is CCCCCCCCCCCCCCCCCCCCCCCCCC(=O)NC(CCCC)COC1CC(CO)C(O)C(O)C1O. The average Bonchev–Trinajstić information content (AvgIpc) is 3.06. The summed E-state index contributed by atoms with van der Waals surface area (Å²) in [6.45, 7) is 4.36. The van der Waals surface area contributed by atoms with E-state index in [-0.39, 0.29) is 31.6 Å². The highest BCUT2D eigenvalue weighted by atomic mass is 16.5. The van der Waals surface area contributed by atoms with E-state index in [9.17, 15) is 25.2 Å². The number of hydrogen-bond donors (Lipinski definition) is 5. The Morgan fingerprint density at radius 1 is 0.609 bits per heavy atom. The van der Waals surface area contributed by atoms with Gasteiger partial charge >= 0.3 is 0 Å². The first-order valence-corrected chi connectivity index (χ1v) is 20.0. The van der Waals surface area contributed by atoms with Crippen LogP contribution >= 0.6 is 0 Å². The van der Waals surface area contributed by atoms with Gasteiger partial charge in [-0.15, -0.1) is 0 Å². The van der Waals surface area contributed by atoms with Crippen molar-refractivity contribution in [3.8, 4) is 0 Å². The monoisotopic (exact) mass is 656 g/mol. The Hall–Kier alpha value is -0.730. The molecule has 7 heteroatoms. The summed E-state index contributed by atoms with van der Waals surface area (Å²) in [5.74, 6) is -0.494.